The lowest BCUT2D eigenvalue weighted by atomic mass is 10.1. The standard InChI is InChI=1S/C19H21N3O2/c1-14-5-6-19(15(2)10-14)24-13-17(23)12-22-18(7-9-21-22)16-4-3-8-20-11-16/h3-11,17,23H,12-13H2,1-2H3. The molecule has 3 rings (SSSR count). The molecule has 124 valence electrons. The lowest BCUT2D eigenvalue weighted by molar-refractivity contribution is 0.0894. The largest absolute Gasteiger partial charge is 0.491 e. The van der Waals surface area contributed by atoms with E-state index in [0.29, 0.717) is 6.54 Å². The molecule has 1 aromatic carbocycles. The average Bonchev–Trinajstić information content (AvgIpc) is 3.03. The van der Waals surface area contributed by atoms with Gasteiger partial charge in [-0.05, 0) is 43.7 Å². The van der Waals surface area contributed by atoms with E-state index in [1.807, 2.05) is 44.2 Å². The number of pyridine rings is 1. The maximum Gasteiger partial charge on any atom is 0.122 e. The summed E-state index contributed by atoms with van der Waals surface area (Å²) in [5, 5.41) is 14.6. The topological polar surface area (TPSA) is 60.2 Å². The molecule has 1 atom stereocenters. The van der Waals surface area contributed by atoms with Crippen LogP contribution in [-0.4, -0.2) is 32.6 Å². The van der Waals surface area contributed by atoms with Crippen LogP contribution in [0.5, 0.6) is 5.75 Å². The number of aromatic nitrogens is 3. The third-order valence-corrected chi connectivity index (χ3v) is 3.82. The Hall–Kier alpha value is -2.66. The Morgan fingerprint density at radius 2 is 2.04 bits per heavy atom. The summed E-state index contributed by atoms with van der Waals surface area (Å²) in [6, 6.07) is 11.8. The molecule has 2 aromatic heterocycles. The summed E-state index contributed by atoms with van der Waals surface area (Å²) in [7, 11) is 0. The molecule has 0 aliphatic heterocycles. The summed E-state index contributed by atoms with van der Waals surface area (Å²) in [4.78, 5) is 4.13. The Morgan fingerprint density at radius 1 is 1.17 bits per heavy atom. The van der Waals surface area contributed by atoms with E-state index in [1.54, 1.807) is 23.3 Å². The molecular weight excluding hydrogens is 302 g/mol. The summed E-state index contributed by atoms with van der Waals surface area (Å²) >= 11 is 0. The molecule has 1 N–H and O–H groups in total. The smallest absolute Gasteiger partial charge is 0.122 e. The number of aliphatic hydroxyl groups is 1. The predicted octanol–water partition coefficient (Wildman–Crippen LogP) is 3.00. The first-order valence-electron chi connectivity index (χ1n) is 7.94. The molecule has 0 aliphatic rings. The number of ether oxygens (including phenoxy) is 1. The van der Waals surface area contributed by atoms with Gasteiger partial charge in [0.25, 0.3) is 0 Å². The number of hydrogen-bond acceptors (Lipinski definition) is 4. The molecule has 5 heteroatoms. The van der Waals surface area contributed by atoms with Crippen molar-refractivity contribution in [1.82, 2.24) is 14.8 Å². The molecule has 0 saturated heterocycles. The Balaban J connectivity index is 1.64. The van der Waals surface area contributed by atoms with Crippen LogP contribution in [0.15, 0.2) is 55.0 Å². The molecule has 0 spiro atoms. The van der Waals surface area contributed by atoms with E-state index in [0.717, 1.165) is 22.6 Å². The van der Waals surface area contributed by atoms with Crippen LogP contribution in [0.25, 0.3) is 11.3 Å². The van der Waals surface area contributed by atoms with Crippen molar-refractivity contribution in [2.75, 3.05) is 6.61 Å². The van der Waals surface area contributed by atoms with Crippen molar-refractivity contribution < 1.29 is 9.84 Å². The van der Waals surface area contributed by atoms with Crippen molar-refractivity contribution in [2.24, 2.45) is 0 Å². The highest BCUT2D eigenvalue weighted by Gasteiger charge is 2.12. The highest BCUT2D eigenvalue weighted by Crippen LogP contribution is 2.20. The molecule has 2 heterocycles. The number of hydrogen-bond donors (Lipinski definition) is 1. The lowest BCUT2D eigenvalue weighted by Gasteiger charge is -2.15. The first-order chi connectivity index (χ1) is 11.6. The van der Waals surface area contributed by atoms with Crippen molar-refractivity contribution in [1.29, 1.82) is 0 Å². The van der Waals surface area contributed by atoms with E-state index < -0.39 is 6.10 Å². The van der Waals surface area contributed by atoms with Gasteiger partial charge < -0.3 is 9.84 Å². The first kappa shape index (κ1) is 16.2. The van der Waals surface area contributed by atoms with Gasteiger partial charge in [-0.15, -0.1) is 0 Å². The maximum absolute atomic E-state index is 10.3. The highest BCUT2D eigenvalue weighted by atomic mass is 16.5. The van der Waals surface area contributed by atoms with E-state index >= 15 is 0 Å². The number of rotatable bonds is 6. The lowest BCUT2D eigenvalue weighted by Crippen LogP contribution is -2.24. The van der Waals surface area contributed by atoms with Crippen LogP contribution in [0, 0.1) is 13.8 Å². The fourth-order valence-corrected chi connectivity index (χ4v) is 2.64. The molecule has 24 heavy (non-hydrogen) atoms. The molecule has 3 aromatic rings. The van der Waals surface area contributed by atoms with Crippen LogP contribution in [0.2, 0.25) is 0 Å². The monoisotopic (exact) mass is 323 g/mol. The van der Waals surface area contributed by atoms with Crippen LogP contribution < -0.4 is 4.74 Å². The Morgan fingerprint density at radius 3 is 2.79 bits per heavy atom. The Bertz CT molecular complexity index is 799. The third kappa shape index (κ3) is 3.81. The van der Waals surface area contributed by atoms with Gasteiger partial charge in [0, 0.05) is 24.2 Å². The van der Waals surface area contributed by atoms with Crippen molar-refractivity contribution in [3.05, 3.63) is 66.1 Å². The SMILES string of the molecule is Cc1ccc(OCC(O)Cn2nccc2-c2cccnc2)c(C)c1. The number of benzene rings is 1. The van der Waals surface area contributed by atoms with Crippen LogP contribution in [0.4, 0.5) is 0 Å². The second kappa shape index (κ2) is 7.27. The zero-order valence-electron chi connectivity index (χ0n) is 13.9. The summed E-state index contributed by atoms with van der Waals surface area (Å²) in [6.45, 7) is 4.63. The minimum absolute atomic E-state index is 0.218. The molecule has 0 bridgehead atoms. The summed E-state index contributed by atoms with van der Waals surface area (Å²) in [6.07, 6.45) is 4.59. The quantitative estimate of drug-likeness (QED) is 0.757. The minimum Gasteiger partial charge on any atom is -0.491 e. The minimum atomic E-state index is -0.652. The molecule has 0 fully saturated rings. The van der Waals surface area contributed by atoms with Gasteiger partial charge >= 0.3 is 0 Å². The summed E-state index contributed by atoms with van der Waals surface area (Å²) < 4.78 is 7.52. The van der Waals surface area contributed by atoms with Gasteiger partial charge in [0.2, 0.25) is 0 Å². The maximum atomic E-state index is 10.3. The second-order valence-electron chi connectivity index (χ2n) is 5.87. The normalized spacial score (nSPS) is 12.1. The fourth-order valence-electron chi connectivity index (χ4n) is 2.64. The van der Waals surface area contributed by atoms with Crippen LogP contribution in [0.1, 0.15) is 11.1 Å². The average molecular weight is 323 g/mol. The van der Waals surface area contributed by atoms with Crippen molar-refractivity contribution in [3.8, 4) is 17.0 Å². The van der Waals surface area contributed by atoms with E-state index in [-0.39, 0.29) is 6.61 Å². The van der Waals surface area contributed by atoms with E-state index in [1.165, 1.54) is 5.56 Å². The second-order valence-corrected chi connectivity index (χ2v) is 5.87. The van der Waals surface area contributed by atoms with E-state index in [2.05, 4.69) is 16.1 Å². The van der Waals surface area contributed by atoms with Crippen LogP contribution in [0.3, 0.4) is 0 Å². The Labute approximate surface area is 141 Å². The van der Waals surface area contributed by atoms with Crippen LogP contribution in [-0.2, 0) is 6.54 Å². The van der Waals surface area contributed by atoms with Gasteiger partial charge in [-0.1, -0.05) is 17.7 Å². The zero-order valence-corrected chi connectivity index (χ0v) is 13.9. The fraction of sp³-hybridized carbons (Fsp3) is 0.263. The first-order valence-corrected chi connectivity index (χ1v) is 7.94. The molecule has 5 nitrogen and oxygen atoms in total. The van der Waals surface area contributed by atoms with Gasteiger partial charge in [0.15, 0.2) is 0 Å². The molecule has 0 aliphatic carbocycles. The number of nitrogens with zero attached hydrogens (tertiary/aromatic N) is 3. The van der Waals surface area contributed by atoms with Crippen molar-refractivity contribution >= 4 is 0 Å². The summed E-state index contributed by atoms with van der Waals surface area (Å²) in [5.41, 5.74) is 4.15. The van der Waals surface area contributed by atoms with E-state index in [9.17, 15) is 5.11 Å². The predicted molar refractivity (Wildman–Crippen MR) is 92.9 cm³/mol. The van der Waals surface area contributed by atoms with Gasteiger partial charge in [0.05, 0.1) is 12.2 Å². The molecular formula is C19H21N3O2. The zero-order chi connectivity index (χ0) is 16.9. The summed E-state index contributed by atoms with van der Waals surface area (Å²) in [5.74, 6) is 0.799. The van der Waals surface area contributed by atoms with Crippen molar-refractivity contribution in [2.45, 2.75) is 26.5 Å². The molecule has 0 saturated carbocycles. The van der Waals surface area contributed by atoms with Crippen LogP contribution >= 0.6 is 0 Å². The molecule has 0 amide bonds. The van der Waals surface area contributed by atoms with Gasteiger partial charge in [-0.25, -0.2) is 0 Å². The Kier molecular flexibility index (Phi) is 4.91. The molecule has 1 unspecified atom stereocenters. The highest BCUT2D eigenvalue weighted by molar-refractivity contribution is 5.57. The number of aryl methyl sites for hydroxylation is 2. The van der Waals surface area contributed by atoms with Gasteiger partial charge in [-0.3, -0.25) is 9.67 Å². The third-order valence-electron chi connectivity index (χ3n) is 3.82. The van der Waals surface area contributed by atoms with Gasteiger partial charge in [-0.2, -0.15) is 5.10 Å². The van der Waals surface area contributed by atoms with E-state index in [4.69, 9.17) is 4.74 Å². The number of aliphatic hydroxyl groups excluding tert-OH is 1. The van der Waals surface area contributed by atoms with Crippen molar-refractivity contribution in [3.63, 3.8) is 0 Å². The molecule has 0 radical (unpaired) electrons. The van der Waals surface area contributed by atoms with Gasteiger partial charge in [0.1, 0.15) is 18.5 Å².